The maximum Gasteiger partial charge on any atom is 0.165 e. The van der Waals surface area contributed by atoms with Crippen molar-refractivity contribution in [3.63, 3.8) is 0 Å². The van der Waals surface area contributed by atoms with Gasteiger partial charge in [0, 0.05) is 17.8 Å². The molecule has 0 unspecified atom stereocenters. The molecule has 0 bridgehead atoms. The monoisotopic (exact) mass is 259 g/mol. The summed E-state index contributed by atoms with van der Waals surface area (Å²) in [5.41, 5.74) is 2.39. The fourth-order valence-corrected chi connectivity index (χ4v) is 1.93. The summed E-state index contributed by atoms with van der Waals surface area (Å²) in [5, 5.41) is 3.86. The van der Waals surface area contributed by atoms with Gasteiger partial charge < -0.3 is 9.88 Å². The summed E-state index contributed by atoms with van der Waals surface area (Å²) in [4.78, 5) is 12.7. The predicted molar refractivity (Wildman–Crippen MR) is 71.0 cm³/mol. The first-order chi connectivity index (χ1) is 8.74. The molecular weight excluding hydrogens is 250 g/mol. The topological polar surface area (TPSA) is 55.6 Å². The van der Waals surface area contributed by atoms with Crippen LogP contribution in [0.1, 0.15) is 0 Å². The molecule has 18 heavy (non-hydrogen) atoms. The standard InChI is InChI=1S/C12H10ClN5/c1-18-7-16-10-11(14-6-15-12(10)18)17-9-4-2-3-8(13)5-9/h2-7H,1H3,(H,14,15,17). The Morgan fingerprint density at radius 2 is 2.11 bits per heavy atom. The summed E-state index contributed by atoms with van der Waals surface area (Å²) < 4.78 is 1.85. The van der Waals surface area contributed by atoms with Crippen LogP contribution in [0.15, 0.2) is 36.9 Å². The number of fused-ring (bicyclic) bond motifs is 1. The van der Waals surface area contributed by atoms with E-state index in [4.69, 9.17) is 11.6 Å². The van der Waals surface area contributed by atoms with E-state index < -0.39 is 0 Å². The van der Waals surface area contributed by atoms with Gasteiger partial charge in [-0.15, -0.1) is 0 Å². The number of nitrogens with one attached hydrogen (secondary N) is 1. The van der Waals surface area contributed by atoms with Gasteiger partial charge in [0.1, 0.15) is 6.33 Å². The summed E-state index contributed by atoms with van der Waals surface area (Å²) in [5.74, 6) is 0.669. The molecule has 0 amide bonds. The maximum atomic E-state index is 5.94. The number of anilines is 2. The third-order valence-corrected chi connectivity index (χ3v) is 2.82. The third kappa shape index (κ3) is 1.89. The first kappa shape index (κ1) is 11.0. The van der Waals surface area contributed by atoms with Crippen LogP contribution in [0.5, 0.6) is 0 Å². The Bertz CT molecular complexity index is 707. The fraction of sp³-hybridized carbons (Fsp3) is 0.0833. The van der Waals surface area contributed by atoms with Crippen molar-refractivity contribution in [2.45, 2.75) is 0 Å². The summed E-state index contributed by atoms with van der Waals surface area (Å²) >= 11 is 5.94. The Labute approximate surface area is 108 Å². The van der Waals surface area contributed by atoms with Gasteiger partial charge in [-0.2, -0.15) is 0 Å². The highest BCUT2D eigenvalue weighted by molar-refractivity contribution is 6.30. The molecule has 0 radical (unpaired) electrons. The summed E-state index contributed by atoms with van der Waals surface area (Å²) in [6.45, 7) is 0. The lowest BCUT2D eigenvalue weighted by atomic mass is 10.3. The number of hydrogen-bond donors (Lipinski definition) is 1. The van der Waals surface area contributed by atoms with Crippen LogP contribution < -0.4 is 5.32 Å². The lowest BCUT2D eigenvalue weighted by Gasteiger charge is -2.05. The van der Waals surface area contributed by atoms with Crippen molar-refractivity contribution in [3.8, 4) is 0 Å². The molecule has 90 valence electrons. The number of nitrogens with zero attached hydrogens (tertiary/aromatic N) is 4. The molecule has 0 saturated carbocycles. The molecule has 6 heteroatoms. The Morgan fingerprint density at radius 1 is 1.22 bits per heavy atom. The zero-order valence-corrected chi connectivity index (χ0v) is 10.4. The Morgan fingerprint density at radius 3 is 2.94 bits per heavy atom. The minimum atomic E-state index is 0.669. The van der Waals surface area contributed by atoms with Gasteiger partial charge in [-0.25, -0.2) is 15.0 Å². The quantitative estimate of drug-likeness (QED) is 0.769. The number of benzene rings is 1. The van der Waals surface area contributed by atoms with Gasteiger partial charge in [0.25, 0.3) is 0 Å². The van der Waals surface area contributed by atoms with Gasteiger partial charge in [0.05, 0.1) is 6.33 Å². The summed E-state index contributed by atoms with van der Waals surface area (Å²) in [7, 11) is 1.89. The van der Waals surface area contributed by atoms with Crippen LogP contribution in [0.2, 0.25) is 5.02 Å². The van der Waals surface area contributed by atoms with Crippen LogP contribution in [-0.2, 0) is 7.05 Å². The average molecular weight is 260 g/mol. The predicted octanol–water partition coefficient (Wildman–Crippen LogP) is 2.76. The van der Waals surface area contributed by atoms with Gasteiger partial charge >= 0.3 is 0 Å². The first-order valence-corrected chi connectivity index (χ1v) is 5.76. The van der Waals surface area contributed by atoms with Crippen LogP contribution in [0.3, 0.4) is 0 Å². The third-order valence-electron chi connectivity index (χ3n) is 2.58. The van der Waals surface area contributed by atoms with Crippen LogP contribution in [0.25, 0.3) is 11.2 Å². The van der Waals surface area contributed by atoms with Gasteiger partial charge in [-0.3, -0.25) is 0 Å². The van der Waals surface area contributed by atoms with E-state index in [1.165, 1.54) is 6.33 Å². The molecule has 0 saturated heterocycles. The highest BCUT2D eigenvalue weighted by Crippen LogP contribution is 2.22. The smallest absolute Gasteiger partial charge is 0.165 e. The van der Waals surface area contributed by atoms with Crippen molar-refractivity contribution in [2.75, 3.05) is 5.32 Å². The maximum absolute atomic E-state index is 5.94. The van der Waals surface area contributed by atoms with Crippen molar-refractivity contribution < 1.29 is 0 Å². The molecular formula is C12H10ClN5. The Kier molecular flexibility index (Phi) is 2.60. The normalized spacial score (nSPS) is 10.8. The SMILES string of the molecule is Cn1cnc2c(Nc3cccc(Cl)c3)ncnc21. The van der Waals surface area contributed by atoms with Crippen LogP contribution in [0.4, 0.5) is 11.5 Å². The van der Waals surface area contributed by atoms with E-state index in [0.29, 0.717) is 10.8 Å². The van der Waals surface area contributed by atoms with Crippen molar-refractivity contribution in [1.29, 1.82) is 0 Å². The van der Waals surface area contributed by atoms with E-state index in [9.17, 15) is 0 Å². The number of halogens is 1. The molecule has 1 N–H and O–H groups in total. The van der Waals surface area contributed by atoms with Crippen LogP contribution in [-0.4, -0.2) is 19.5 Å². The molecule has 2 heterocycles. The number of aromatic nitrogens is 4. The number of imidazole rings is 1. The molecule has 3 aromatic rings. The van der Waals surface area contributed by atoms with Gasteiger partial charge in [0.15, 0.2) is 17.0 Å². The molecule has 3 rings (SSSR count). The van der Waals surface area contributed by atoms with E-state index in [-0.39, 0.29) is 0 Å². The minimum absolute atomic E-state index is 0.669. The van der Waals surface area contributed by atoms with Gasteiger partial charge in [-0.1, -0.05) is 17.7 Å². The van der Waals surface area contributed by atoms with Gasteiger partial charge in [-0.05, 0) is 18.2 Å². The highest BCUT2D eigenvalue weighted by atomic mass is 35.5. The second-order valence-corrected chi connectivity index (χ2v) is 4.32. The second kappa shape index (κ2) is 4.27. The number of aryl methyl sites for hydroxylation is 1. The van der Waals surface area contributed by atoms with Crippen LogP contribution in [0, 0.1) is 0 Å². The molecule has 2 aromatic heterocycles. The molecule has 0 atom stereocenters. The van der Waals surface area contributed by atoms with Crippen molar-refractivity contribution in [3.05, 3.63) is 41.9 Å². The van der Waals surface area contributed by atoms with Crippen molar-refractivity contribution >= 4 is 34.3 Å². The lowest BCUT2D eigenvalue weighted by Crippen LogP contribution is -1.96. The largest absolute Gasteiger partial charge is 0.338 e. The summed E-state index contributed by atoms with van der Waals surface area (Å²) in [6, 6.07) is 7.45. The molecule has 1 aromatic carbocycles. The second-order valence-electron chi connectivity index (χ2n) is 3.89. The number of rotatable bonds is 2. The molecule has 5 nitrogen and oxygen atoms in total. The molecule has 0 spiro atoms. The lowest BCUT2D eigenvalue weighted by molar-refractivity contribution is 0.928. The zero-order valence-electron chi connectivity index (χ0n) is 9.63. The van der Waals surface area contributed by atoms with Crippen molar-refractivity contribution in [1.82, 2.24) is 19.5 Å². The van der Waals surface area contributed by atoms with E-state index in [1.54, 1.807) is 6.33 Å². The highest BCUT2D eigenvalue weighted by Gasteiger charge is 2.08. The van der Waals surface area contributed by atoms with Gasteiger partial charge in [0.2, 0.25) is 0 Å². The number of hydrogen-bond acceptors (Lipinski definition) is 4. The zero-order chi connectivity index (χ0) is 12.5. The summed E-state index contributed by atoms with van der Waals surface area (Å²) in [6.07, 6.45) is 3.22. The average Bonchev–Trinajstić information content (AvgIpc) is 2.73. The fourth-order valence-electron chi connectivity index (χ4n) is 1.74. The Hall–Kier alpha value is -2.14. The molecule has 0 aliphatic heterocycles. The Balaban J connectivity index is 2.05. The molecule has 0 fully saturated rings. The molecule has 0 aliphatic rings. The first-order valence-electron chi connectivity index (χ1n) is 5.38. The van der Waals surface area contributed by atoms with Crippen LogP contribution >= 0.6 is 11.6 Å². The minimum Gasteiger partial charge on any atom is -0.338 e. The van der Waals surface area contributed by atoms with E-state index in [1.807, 2.05) is 35.9 Å². The van der Waals surface area contributed by atoms with E-state index in [2.05, 4.69) is 20.3 Å². The van der Waals surface area contributed by atoms with Crippen molar-refractivity contribution in [2.24, 2.45) is 7.05 Å². The van der Waals surface area contributed by atoms with E-state index >= 15 is 0 Å². The van der Waals surface area contributed by atoms with E-state index in [0.717, 1.165) is 16.9 Å². The molecule has 0 aliphatic carbocycles.